The summed E-state index contributed by atoms with van der Waals surface area (Å²) in [6.45, 7) is 5.84. The van der Waals surface area contributed by atoms with Gasteiger partial charge in [-0.05, 0) is 35.4 Å². The van der Waals surface area contributed by atoms with E-state index in [1.165, 1.54) is 12.7 Å². The highest BCUT2D eigenvalue weighted by Gasteiger charge is 2.22. The van der Waals surface area contributed by atoms with Crippen molar-refractivity contribution >= 4 is 29.5 Å². The summed E-state index contributed by atoms with van der Waals surface area (Å²) in [5.74, 6) is 0.391. The van der Waals surface area contributed by atoms with Crippen LogP contribution < -0.4 is 21.3 Å². The van der Waals surface area contributed by atoms with Crippen molar-refractivity contribution in [2.75, 3.05) is 69.5 Å². The van der Waals surface area contributed by atoms with Crippen molar-refractivity contribution in [1.82, 2.24) is 25.2 Å². The summed E-state index contributed by atoms with van der Waals surface area (Å²) in [4.78, 5) is 28.6. The summed E-state index contributed by atoms with van der Waals surface area (Å²) >= 11 is 0. The van der Waals surface area contributed by atoms with Crippen LogP contribution in [0.2, 0.25) is 0 Å². The van der Waals surface area contributed by atoms with Gasteiger partial charge in [0.1, 0.15) is 6.04 Å². The molecule has 0 amide bonds. The van der Waals surface area contributed by atoms with Crippen molar-refractivity contribution in [2.45, 2.75) is 19.0 Å². The van der Waals surface area contributed by atoms with Gasteiger partial charge in [0.2, 0.25) is 17.8 Å². The Labute approximate surface area is 234 Å². The minimum Gasteiger partial charge on any atom is -0.467 e. The number of carbonyl (C=O) groups is 1. The Kier molecular flexibility index (Phi) is 10.6. The molecule has 1 aromatic heterocycles. The topological polar surface area (TPSA) is 149 Å². The Morgan fingerprint density at radius 1 is 1.05 bits per heavy atom. The summed E-state index contributed by atoms with van der Waals surface area (Å²) in [5, 5.41) is 22.0. The molecule has 210 valence electrons. The first-order valence-electron chi connectivity index (χ1n) is 13.2. The molecule has 2 heterocycles. The lowest BCUT2D eigenvalue weighted by atomic mass is 10.0. The maximum Gasteiger partial charge on any atom is 0.328 e. The molecule has 0 unspecified atom stereocenters. The molecule has 40 heavy (non-hydrogen) atoms. The number of nitriles is 1. The molecule has 3 aromatic rings. The lowest BCUT2D eigenvalue weighted by molar-refractivity contribution is -0.141. The first kappa shape index (κ1) is 28.7. The van der Waals surface area contributed by atoms with Gasteiger partial charge in [0.15, 0.2) is 0 Å². The second-order valence-electron chi connectivity index (χ2n) is 9.31. The lowest BCUT2D eigenvalue weighted by Crippen LogP contribution is -2.42. The van der Waals surface area contributed by atoms with Crippen LogP contribution in [0.5, 0.6) is 0 Å². The molecule has 0 radical (unpaired) electrons. The van der Waals surface area contributed by atoms with E-state index >= 15 is 0 Å². The number of piperazine rings is 1. The van der Waals surface area contributed by atoms with Gasteiger partial charge in [-0.25, -0.2) is 4.79 Å². The first-order valence-corrected chi connectivity index (χ1v) is 13.2. The van der Waals surface area contributed by atoms with Crippen molar-refractivity contribution in [3.05, 3.63) is 65.2 Å². The number of anilines is 4. The van der Waals surface area contributed by atoms with E-state index in [0.717, 1.165) is 44.0 Å². The van der Waals surface area contributed by atoms with Crippen molar-refractivity contribution in [2.24, 2.45) is 0 Å². The van der Waals surface area contributed by atoms with Gasteiger partial charge >= 0.3 is 5.97 Å². The molecule has 1 aliphatic heterocycles. The van der Waals surface area contributed by atoms with Gasteiger partial charge in [-0.3, -0.25) is 4.90 Å². The smallest absolute Gasteiger partial charge is 0.328 e. The fraction of sp³-hybridized carbons (Fsp3) is 0.393. The van der Waals surface area contributed by atoms with Crippen molar-refractivity contribution in [1.29, 1.82) is 5.26 Å². The maximum atomic E-state index is 12.7. The quantitative estimate of drug-likeness (QED) is 0.184. The average molecular weight is 546 g/mol. The predicted octanol–water partition coefficient (Wildman–Crippen LogP) is 2.15. The van der Waals surface area contributed by atoms with Crippen LogP contribution in [0.1, 0.15) is 16.7 Å². The van der Waals surface area contributed by atoms with Gasteiger partial charge in [0.25, 0.3) is 0 Å². The van der Waals surface area contributed by atoms with Gasteiger partial charge in [-0.2, -0.15) is 20.2 Å². The van der Waals surface area contributed by atoms with Crippen molar-refractivity contribution in [3.63, 3.8) is 0 Å². The molecular formula is C28H35N9O3. The summed E-state index contributed by atoms with van der Waals surface area (Å²) < 4.78 is 10.2. The average Bonchev–Trinajstić information content (AvgIpc) is 2.97. The number of hydrogen-bond donors (Lipinski definition) is 4. The molecule has 1 saturated heterocycles. The van der Waals surface area contributed by atoms with E-state index < -0.39 is 12.0 Å². The van der Waals surface area contributed by atoms with E-state index in [9.17, 15) is 4.79 Å². The Morgan fingerprint density at radius 3 is 2.52 bits per heavy atom. The number of hydrogen-bond acceptors (Lipinski definition) is 12. The molecule has 12 nitrogen and oxygen atoms in total. The van der Waals surface area contributed by atoms with E-state index in [2.05, 4.69) is 59.3 Å². The predicted molar refractivity (Wildman–Crippen MR) is 152 cm³/mol. The molecule has 1 aliphatic rings. The molecule has 2 aromatic carbocycles. The van der Waals surface area contributed by atoms with Crippen LogP contribution in [0.4, 0.5) is 23.5 Å². The van der Waals surface area contributed by atoms with Crippen molar-refractivity contribution < 1.29 is 14.3 Å². The minimum absolute atomic E-state index is 0.207. The number of carbonyl (C=O) groups excluding carboxylic acids is 1. The number of aromatic nitrogens is 3. The van der Waals surface area contributed by atoms with E-state index in [4.69, 9.17) is 14.7 Å². The van der Waals surface area contributed by atoms with Crippen LogP contribution >= 0.6 is 0 Å². The maximum absolute atomic E-state index is 12.7. The fourth-order valence-corrected chi connectivity index (χ4v) is 4.29. The highest BCUT2D eigenvalue weighted by Crippen LogP contribution is 2.19. The van der Waals surface area contributed by atoms with Crippen LogP contribution in [-0.4, -0.2) is 85.4 Å². The summed E-state index contributed by atoms with van der Waals surface area (Å²) in [5.41, 5.74) is 3.43. The van der Waals surface area contributed by atoms with Gasteiger partial charge in [-0.15, -0.1) is 0 Å². The van der Waals surface area contributed by atoms with Crippen LogP contribution in [0.15, 0.2) is 48.5 Å². The Hall–Kier alpha value is -4.31. The van der Waals surface area contributed by atoms with E-state index in [1.54, 1.807) is 19.2 Å². The molecule has 4 rings (SSSR count). The molecule has 0 bridgehead atoms. The summed E-state index contributed by atoms with van der Waals surface area (Å²) in [7, 11) is 2.95. The number of ether oxygens (including phenoxy) is 2. The van der Waals surface area contributed by atoms with E-state index in [0.29, 0.717) is 37.0 Å². The molecule has 1 atom stereocenters. The molecule has 0 saturated carbocycles. The van der Waals surface area contributed by atoms with Crippen LogP contribution in [-0.2, 0) is 27.2 Å². The minimum atomic E-state index is -0.762. The number of nitrogens with one attached hydrogen (secondary N) is 4. The molecule has 12 heteroatoms. The number of nitrogens with zero attached hydrogens (tertiary/aromatic N) is 5. The monoisotopic (exact) mass is 545 g/mol. The van der Waals surface area contributed by atoms with E-state index in [-0.39, 0.29) is 5.95 Å². The summed E-state index contributed by atoms with van der Waals surface area (Å²) in [6, 6.07) is 16.5. The second kappa shape index (κ2) is 14.7. The molecule has 0 aliphatic carbocycles. The molecular weight excluding hydrogens is 510 g/mol. The van der Waals surface area contributed by atoms with Crippen LogP contribution in [0, 0.1) is 11.3 Å². The standard InChI is InChI=1S/C28H35N9O3/c1-39-15-12-31-26-34-27(32-23-5-3-4-22(16-23)19-37-13-10-30-11-14-37)36-28(35-26)33-24(25(38)40-2)17-20-6-8-21(18-29)9-7-20/h3-9,16,24,30H,10-15,17,19H2,1-2H3,(H3,31,32,33,34,35,36)/t24-/m0/s1. The third-order valence-electron chi connectivity index (χ3n) is 6.34. The number of rotatable bonds is 13. The third kappa shape index (κ3) is 8.60. The fourth-order valence-electron chi connectivity index (χ4n) is 4.29. The zero-order valence-electron chi connectivity index (χ0n) is 22.8. The molecule has 1 fully saturated rings. The SMILES string of the molecule is COCCNc1nc(Nc2cccc(CN3CCNCC3)c2)nc(N[C@@H](Cc2ccc(C#N)cc2)C(=O)OC)n1. The number of methoxy groups -OCH3 is 2. The third-order valence-corrected chi connectivity index (χ3v) is 6.34. The second-order valence-corrected chi connectivity index (χ2v) is 9.31. The van der Waals surface area contributed by atoms with Crippen molar-refractivity contribution in [3.8, 4) is 6.07 Å². The number of esters is 1. The summed E-state index contributed by atoms with van der Waals surface area (Å²) in [6.07, 6.45) is 0.313. The highest BCUT2D eigenvalue weighted by atomic mass is 16.5. The lowest BCUT2D eigenvalue weighted by Gasteiger charge is -2.27. The van der Waals surface area contributed by atoms with Gasteiger partial charge in [-0.1, -0.05) is 24.3 Å². The zero-order valence-corrected chi connectivity index (χ0v) is 22.8. The van der Waals surface area contributed by atoms with Gasteiger partial charge in [0.05, 0.1) is 25.3 Å². The normalized spacial score (nSPS) is 14.1. The van der Waals surface area contributed by atoms with E-state index in [1.807, 2.05) is 24.3 Å². The molecule has 4 N–H and O–H groups in total. The molecule has 0 spiro atoms. The van der Waals surface area contributed by atoms with Gasteiger partial charge in [0, 0.05) is 58.5 Å². The first-order chi connectivity index (χ1) is 19.6. The Bertz CT molecular complexity index is 1290. The van der Waals surface area contributed by atoms with Crippen LogP contribution in [0.3, 0.4) is 0 Å². The Balaban J connectivity index is 1.53. The largest absolute Gasteiger partial charge is 0.467 e. The number of benzene rings is 2. The highest BCUT2D eigenvalue weighted by molar-refractivity contribution is 5.79. The zero-order chi connectivity index (χ0) is 28.2. The van der Waals surface area contributed by atoms with Crippen LogP contribution in [0.25, 0.3) is 0 Å². The van der Waals surface area contributed by atoms with Gasteiger partial charge < -0.3 is 30.7 Å². The Morgan fingerprint density at radius 2 is 1.80 bits per heavy atom.